The molecule has 2 aromatic carbocycles. The normalized spacial score (nSPS) is 11.3. The van der Waals surface area contributed by atoms with Crippen LogP contribution in [0, 0.1) is 5.82 Å². The van der Waals surface area contributed by atoms with Crippen molar-refractivity contribution in [2.45, 2.75) is 0 Å². The lowest BCUT2D eigenvalue weighted by Crippen LogP contribution is -2.00. The summed E-state index contributed by atoms with van der Waals surface area (Å²) >= 11 is 0. The minimum absolute atomic E-state index is 0.174. The number of fused-ring (bicyclic) bond motifs is 1. The second-order valence-electron chi connectivity index (χ2n) is 5.80. The Bertz CT molecular complexity index is 1170. The lowest BCUT2D eigenvalue weighted by molar-refractivity contribution is 0.0699. The number of aromatic nitrogens is 4. The highest BCUT2D eigenvalue weighted by atomic mass is 19.1. The number of carbonyl (C=O) groups is 1. The van der Waals surface area contributed by atoms with E-state index >= 15 is 0 Å². The first-order valence-corrected chi connectivity index (χ1v) is 8.07. The molecule has 27 heavy (non-hydrogen) atoms. The second-order valence-corrected chi connectivity index (χ2v) is 5.80. The maximum atomic E-state index is 14.3. The summed E-state index contributed by atoms with van der Waals surface area (Å²) in [5, 5.41) is 13.9. The minimum Gasteiger partial charge on any atom is -0.478 e. The molecule has 6 nitrogen and oxygen atoms in total. The van der Waals surface area contributed by atoms with Gasteiger partial charge in [0, 0.05) is 5.39 Å². The van der Waals surface area contributed by atoms with Crippen LogP contribution in [0.1, 0.15) is 21.6 Å². The summed E-state index contributed by atoms with van der Waals surface area (Å²) in [6, 6.07) is 13.2. The number of halogens is 1. The van der Waals surface area contributed by atoms with Crippen LogP contribution in [0.15, 0.2) is 61.2 Å². The van der Waals surface area contributed by atoms with Crippen molar-refractivity contribution >= 4 is 29.0 Å². The fourth-order valence-corrected chi connectivity index (χ4v) is 2.79. The molecule has 0 spiro atoms. The monoisotopic (exact) mass is 360 g/mol. The smallest absolute Gasteiger partial charge is 0.336 e. The van der Waals surface area contributed by atoms with Crippen molar-refractivity contribution in [2.24, 2.45) is 0 Å². The third kappa shape index (κ3) is 3.30. The van der Waals surface area contributed by atoms with E-state index in [4.69, 9.17) is 0 Å². The zero-order chi connectivity index (χ0) is 18.8. The van der Waals surface area contributed by atoms with Crippen molar-refractivity contribution in [3.8, 4) is 5.69 Å². The van der Waals surface area contributed by atoms with Crippen LogP contribution in [0.3, 0.4) is 0 Å². The van der Waals surface area contributed by atoms with Gasteiger partial charge in [0.05, 0.1) is 16.8 Å². The Hall–Kier alpha value is -3.87. The molecular formula is C20H13FN4O2. The molecule has 2 aromatic heterocycles. The Morgan fingerprint density at radius 3 is 2.70 bits per heavy atom. The van der Waals surface area contributed by atoms with Crippen LogP contribution in [0.2, 0.25) is 0 Å². The number of carboxylic acids is 1. The molecule has 0 saturated carbocycles. The van der Waals surface area contributed by atoms with E-state index < -0.39 is 11.8 Å². The number of hydrogen-bond donors (Lipinski definition) is 1. The summed E-state index contributed by atoms with van der Waals surface area (Å²) < 4.78 is 15.6. The predicted molar refractivity (Wildman–Crippen MR) is 98.9 cm³/mol. The van der Waals surface area contributed by atoms with E-state index in [9.17, 15) is 14.3 Å². The summed E-state index contributed by atoms with van der Waals surface area (Å²) in [5.41, 5.74) is 2.15. The molecule has 4 rings (SSSR count). The molecule has 0 fully saturated rings. The van der Waals surface area contributed by atoms with Gasteiger partial charge in [-0.25, -0.2) is 23.8 Å². The fraction of sp³-hybridized carbons (Fsp3) is 0. The summed E-state index contributed by atoms with van der Waals surface area (Å²) in [6.45, 7) is 0. The number of nitrogens with zero attached hydrogens (tertiary/aromatic N) is 4. The standard InChI is InChI=1S/C20H13FN4O2/c21-17-9-13(6-8-19(17)25-12-22-11-23-25)5-7-14-10-16(20(26)27)15-3-1-2-4-18(15)24-14/h1-12H,(H,26,27)/b7-5+. The fourth-order valence-electron chi connectivity index (χ4n) is 2.79. The molecule has 0 aliphatic rings. The first kappa shape index (κ1) is 16.6. The van der Waals surface area contributed by atoms with Crippen molar-refractivity contribution in [2.75, 3.05) is 0 Å². The van der Waals surface area contributed by atoms with Gasteiger partial charge >= 0.3 is 5.97 Å². The molecule has 0 unspecified atom stereocenters. The SMILES string of the molecule is O=C(O)c1cc(/C=C/c2ccc(-n3cncn3)c(F)c2)nc2ccccc12. The number of rotatable bonds is 4. The van der Waals surface area contributed by atoms with Crippen LogP contribution >= 0.6 is 0 Å². The van der Waals surface area contributed by atoms with Crippen LogP contribution in [0.5, 0.6) is 0 Å². The highest BCUT2D eigenvalue weighted by molar-refractivity contribution is 6.03. The van der Waals surface area contributed by atoms with Crippen LogP contribution in [-0.4, -0.2) is 30.8 Å². The first-order valence-electron chi connectivity index (χ1n) is 8.07. The Balaban J connectivity index is 1.69. The molecule has 1 N–H and O–H groups in total. The highest BCUT2D eigenvalue weighted by Crippen LogP contribution is 2.20. The zero-order valence-electron chi connectivity index (χ0n) is 14.0. The van der Waals surface area contributed by atoms with Crippen LogP contribution in [0.25, 0.3) is 28.7 Å². The van der Waals surface area contributed by atoms with Gasteiger partial charge in [-0.15, -0.1) is 0 Å². The van der Waals surface area contributed by atoms with Gasteiger partial charge in [0.25, 0.3) is 0 Å². The maximum Gasteiger partial charge on any atom is 0.336 e. The van der Waals surface area contributed by atoms with Gasteiger partial charge in [0.1, 0.15) is 24.2 Å². The summed E-state index contributed by atoms with van der Waals surface area (Å²) in [7, 11) is 0. The quantitative estimate of drug-likeness (QED) is 0.598. The summed E-state index contributed by atoms with van der Waals surface area (Å²) in [6.07, 6.45) is 6.08. The van der Waals surface area contributed by atoms with E-state index in [1.165, 1.54) is 29.5 Å². The van der Waals surface area contributed by atoms with Crippen molar-refractivity contribution in [3.05, 3.63) is 83.8 Å². The number of pyridine rings is 1. The van der Waals surface area contributed by atoms with Crippen molar-refractivity contribution in [3.63, 3.8) is 0 Å². The lowest BCUT2D eigenvalue weighted by atomic mass is 10.1. The topological polar surface area (TPSA) is 80.9 Å². The van der Waals surface area contributed by atoms with Crippen molar-refractivity contribution < 1.29 is 14.3 Å². The van der Waals surface area contributed by atoms with E-state index in [-0.39, 0.29) is 5.56 Å². The van der Waals surface area contributed by atoms with Crippen LogP contribution in [0.4, 0.5) is 4.39 Å². The Morgan fingerprint density at radius 1 is 1.11 bits per heavy atom. The molecule has 0 atom stereocenters. The third-order valence-electron chi connectivity index (χ3n) is 4.05. The number of hydrogen-bond acceptors (Lipinski definition) is 4. The Labute approximate surface area is 153 Å². The number of benzene rings is 2. The van der Waals surface area contributed by atoms with Gasteiger partial charge in [-0.1, -0.05) is 30.3 Å². The molecule has 0 amide bonds. The van der Waals surface area contributed by atoms with Crippen LogP contribution in [-0.2, 0) is 0 Å². The van der Waals surface area contributed by atoms with E-state index in [2.05, 4.69) is 15.1 Å². The lowest BCUT2D eigenvalue weighted by Gasteiger charge is -2.05. The van der Waals surface area contributed by atoms with Gasteiger partial charge in [-0.2, -0.15) is 5.10 Å². The molecule has 0 saturated heterocycles. The number of carboxylic acid groups (broad SMARTS) is 1. The molecule has 0 radical (unpaired) electrons. The highest BCUT2D eigenvalue weighted by Gasteiger charge is 2.10. The van der Waals surface area contributed by atoms with E-state index in [0.29, 0.717) is 27.8 Å². The first-order chi connectivity index (χ1) is 13.1. The van der Waals surface area contributed by atoms with Gasteiger partial charge in [0.15, 0.2) is 0 Å². The third-order valence-corrected chi connectivity index (χ3v) is 4.05. The molecule has 4 aromatic rings. The van der Waals surface area contributed by atoms with Gasteiger partial charge < -0.3 is 5.11 Å². The number of para-hydroxylation sites is 1. The second kappa shape index (κ2) is 6.80. The van der Waals surface area contributed by atoms with E-state index in [1.54, 1.807) is 48.6 Å². The van der Waals surface area contributed by atoms with E-state index in [0.717, 1.165) is 0 Å². The Morgan fingerprint density at radius 2 is 1.96 bits per heavy atom. The molecule has 2 heterocycles. The minimum atomic E-state index is -1.02. The van der Waals surface area contributed by atoms with Crippen molar-refractivity contribution in [1.82, 2.24) is 19.7 Å². The van der Waals surface area contributed by atoms with E-state index in [1.807, 2.05) is 0 Å². The van der Waals surface area contributed by atoms with Gasteiger partial charge in [-0.3, -0.25) is 0 Å². The molecule has 0 aliphatic carbocycles. The average molecular weight is 360 g/mol. The molecule has 0 aliphatic heterocycles. The van der Waals surface area contributed by atoms with Crippen LogP contribution < -0.4 is 0 Å². The largest absolute Gasteiger partial charge is 0.478 e. The van der Waals surface area contributed by atoms with Crippen molar-refractivity contribution in [1.29, 1.82) is 0 Å². The zero-order valence-corrected chi connectivity index (χ0v) is 14.0. The molecule has 132 valence electrons. The predicted octanol–water partition coefficient (Wildman–Crippen LogP) is 3.82. The molecular weight excluding hydrogens is 347 g/mol. The molecule has 0 bridgehead atoms. The van der Waals surface area contributed by atoms with Gasteiger partial charge in [0.2, 0.25) is 0 Å². The average Bonchev–Trinajstić information content (AvgIpc) is 3.20. The summed E-state index contributed by atoms with van der Waals surface area (Å²) in [5.74, 6) is -1.47. The Kier molecular flexibility index (Phi) is 4.18. The number of aromatic carboxylic acids is 1. The molecule has 7 heteroatoms. The maximum absolute atomic E-state index is 14.3. The van der Waals surface area contributed by atoms with Gasteiger partial charge in [-0.05, 0) is 35.9 Å². The summed E-state index contributed by atoms with van der Waals surface area (Å²) in [4.78, 5) is 19.8.